The molecule has 2 rings (SSSR count). The molecule has 2 N–H and O–H groups in total. The van der Waals surface area contributed by atoms with Gasteiger partial charge in [-0.25, -0.2) is 13.2 Å². The van der Waals surface area contributed by atoms with Crippen LogP contribution in [0, 0.1) is 0 Å². The van der Waals surface area contributed by atoms with E-state index in [-0.39, 0.29) is 17.0 Å². The van der Waals surface area contributed by atoms with Crippen LogP contribution in [0.5, 0.6) is 11.5 Å². The molecular formula is C18H21NO7S. The Hall–Kier alpha value is -2.62. The number of aliphatic hydroxyl groups is 1. The van der Waals surface area contributed by atoms with Gasteiger partial charge in [-0.05, 0) is 35.9 Å². The Morgan fingerprint density at radius 1 is 1.11 bits per heavy atom. The molecule has 0 heterocycles. The largest absolute Gasteiger partial charge is 0.493 e. The Morgan fingerprint density at radius 2 is 1.78 bits per heavy atom. The SMILES string of the molecule is COc1ccc(C(O)CN(C)S(=O)(=O)c2cccc(C(=O)O)c2)cc1OC. The molecule has 1 atom stereocenters. The highest BCUT2D eigenvalue weighted by Gasteiger charge is 2.25. The van der Waals surface area contributed by atoms with Crippen LogP contribution in [0.15, 0.2) is 47.4 Å². The number of hydrogen-bond acceptors (Lipinski definition) is 6. The van der Waals surface area contributed by atoms with Crippen LogP contribution in [0.25, 0.3) is 0 Å². The second-order valence-electron chi connectivity index (χ2n) is 5.75. The third kappa shape index (κ3) is 4.57. The molecular weight excluding hydrogens is 374 g/mol. The van der Waals surface area contributed by atoms with E-state index in [0.717, 1.165) is 10.4 Å². The lowest BCUT2D eigenvalue weighted by Gasteiger charge is -2.21. The number of sulfonamides is 1. The van der Waals surface area contributed by atoms with E-state index in [1.54, 1.807) is 18.2 Å². The van der Waals surface area contributed by atoms with E-state index in [1.807, 2.05) is 0 Å². The van der Waals surface area contributed by atoms with Crippen molar-refractivity contribution in [2.24, 2.45) is 0 Å². The second-order valence-corrected chi connectivity index (χ2v) is 7.79. The summed E-state index contributed by atoms with van der Waals surface area (Å²) in [5, 5.41) is 19.5. The molecule has 27 heavy (non-hydrogen) atoms. The molecule has 2 aromatic carbocycles. The number of carboxylic acid groups (broad SMARTS) is 1. The highest BCUT2D eigenvalue weighted by atomic mass is 32.2. The molecule has 1 unspecified atom stereocenters. The first-order valence-electron chi connectivity index (χ1n) is 7.90. The summed E-state index contributed by atoms with van der Waals surface area (Å²) in [7, 11) is 0.284. The second kappa shape index (κ2) is 8.38. The zero-order valence-electron chi connectivity index (χ0n) is 15.1. The van der Waals surface area contributed by atoms with Crippen molar-refractivity contribution in [1.82, 2.24) is 4.31 Å². The summed E-state index contributed by atoms with van der Waals surface area (Å²) in [5.74, 6) is -0.325. The van der Waals surface area contributed by atoms with Gasteiger partial charge in [-0.2, -0.15) is 4.31 Å². The van der Waals surface area contributed by atoms with Crippen molar-refractivity contribution in [2.75, 3.05) is 27.8 Å². The number of likely N-dealkylation sites (N-methyl/N-ethyl adjacent to an activating group) is 1. The lowest BCUT2D eigenvalue weighted by molar-refractivity contribution is 0.0696. The zero-order valence-corrected chi connectivity index (χ0v) is 15.9. The predicted molar refractivity (Wildman–Crippen MR) is 97.7 cm³/mol. The Kier molecular flexibility index (Phi) is 6.42. The van der Waals surface area contributed by atoms with Gasteiger partial charge >= 0.3 is 5.97 Å². The molecule has 0 amide bonds. The molecule has 8 nitrogen and oxygen atoms in total. The van der Waals surface area contributed by atoms with Gasteiger partial charge in [0.2, 0.25) is 10.0 Å². The molecule has 2 aromatic rings. The number of nitrogens with zero attached hydrogens (tertiary/aromatic N) is 1. The molecule has 146 valence electrons. The highest BCUT2D eigenvalue weighted by Crippen LogP contribution is 2.30. The molecule has 0 spiro atoms. The normalized spacial score (nSPS) is 12.6. The first kappa shape index (κ1) is 20.7. The minimum atomic E-state index is -3.97. The molecule has 9 heteroatoms. The van der Waals surface area contributed by atoms with E-state index in [9.17, 15) is 18.3 Å². The molecule has 0 aliphatic heterocycles. The smallest absolute Gasteiger partial charge is 0.335 e. The number of carboxylic acids is 1. The number of aliphatic hydroxyl groups excluding tert-OH is 1. The maximum atomic E-state index is 12.7. The minimum absolute atomic E-state index is 0.134. The fourth-order valence-electron chi connectivity index (χ4n) is 2.48. The van der Waals surface area contributed by atoms with Gasteiger partial charge in [-0.1, -0.05) is 12.1 Å². The van der Waals surface area contributed by atoms with Gasteiger partial charge in [-0.3, -0.25) is 0 Å². The molecule has 0 fully saturated rings. The van der Waals surface area contributed by atoms with E-state index in [4.69, 9.17) is 14.6 Å². The van der Waals surface area contributed by atoms with Crippen molar-refractivity contribution in [3.63, 3.8) is 0 Å². The Balaban J connectivity index is 2.23. The lowest BCUT2D eigenvalue weighted by Crippen LogP contribution is -2.31. The number of methoxy groups -OCH3 is 2. The number of benzene rings is 2. The first-order chi connectivity index (χ1) is 12.7. The van der Waals surface area contributed by atoms with Gasteiger partial charge in [0.05, 0.1) is 30.8 Å². The van der Waals surface area contributed by atoms with Crippen LogP contribution >= 0.6 is 0 Å². The maximum absolute atomic E-state index is 12.7. The zero-order chi connectivity index (χ0) is 20.2. The van der Waals surface area contributed by atoms with Crippen molar-refractivity contribution in [2.45, 2.75) is 11.0 Å². The summed E-state index contributed by atoms with van der Waals surface area (Å²) in [5.41, 5.74) is 0.318. The molecule has 0 saturated carbocycles. The topological polar surface area (TPSA) is 113 Å². The van der Waals surface area contributed by atoms with Crippen molar-refractivity contribution in [3.8, 4) is 11.5 Å². The Morgan fingerprint density at radius 3 is 2.37 bits per heavy atom. The summed E-state index contributed by atoms with van der Waals surface area (Å²) >= 11 is 0. The van der Waals surface area contributed by atoms with E-state index in [2.05, 4.69) is 0 Å². The molecule has 0 aromatic heterocycles. The van der Waals surface area contributed by atoms with Crippen molar-refractivity contribution >= 4 is 16.0 Å². The number of ether oxygens (including phenoxy) is 2. The Labute approximate surface area is 157 Å². The van der Waals surface area contributed by atoms with Crippen LogP contribution < -0.4 is 9.47 Å². The molecule has 0 saturated heterocycles. The molecule has 0 bridgehead atoms. The van der Waals surface area contributed by atoms with E-state index >= 15 is 0 Å². The van der Waals surface area contributed by atoms with Gasteiger partial charge in [0.25, 0.3) is 0 Å². The van der Waals surface area contributed by atoms with Gasteiger partial charge in [-0.15, -0.1) is 0 Å². The fraction of sp³-hybridized carbons (Fsp3) is 0.278. The average Bonchev–Trinajstić information content (AvgIpc) is 2.67. The van der Waals surface area contributed by atoms with Crippen LogP contribution in [0.3, 0.4) is 0 Å². The van der Waals surface area contributed by atoms with Crippen molar-refractivity contribution in [3.05, 3.63) is 53.6 Å². The quantitative estimate of drug-likeness (QED) is 0.700. The standard InChI is InChI=1S/C18H21NO7S/c1-19(27(23,24)14-6-4-5-13(9-14)18(21)22)11-15(20)12-7-8-16(25-2)17(10-12)26-3/h4-10,15,20H,11H2,1-3H3,(H,21,22). The number of aromatic carboxylic acids is 1. The highest BCUT2D eigenvalue weighted by molar-refractivity contribution is 7.89. The number of carbonyl (C=O) groups is 1. The molecule has 0 aliphatic carbocycles. The molecule has 0 aliphatic rings. The predicted octanol–water partition coefficient (Wildman–Crippen LogP) is 1.76. The summed E-state index contributed by atoms with van der Waals surface area (Å²) in [6.45, 7) is -0.227. The average molecular weight is 395 g/mol. The monoisotopic (exact) mass is 395 g/mol. The van der Waals surface area contributed by atoms with Crippen molar-refractivity contribution in [1.29, 1.82) is 0 Å². The third-order valence-corrected chi connectivity index (χ3v) is 5.83. The minimum Gasteiger partial charge on any atom is -0.493 e. The van der Waals surface area contributed by atoms with Gasteiger partial charge < -0.3 is 19.7 Å². The summed E-state index contributed by atoms with van der Waals surface area (Å²) in [6.07, 6.45) is -1.12. The summed E-state index contributed by atoms with van der Waals surface area (Å²) in [6, 6.07) is 9.83. The fourth-order valence-corrected chi connectivity index (χ4v) is 3.70. The van der Waals surface area contributed by atoms with Crippen LogP contribution in [0.1, 0.15) is 22.0 Å². The maximum Gasteiger partial charge on any atom is 0.335 e. The van der Waals surface area contributed by atoms with Crippen LogP contribution in [0.2, 0.25) is 0 Å². The lowest BCUT2D eigenvalue weighted by atomic mass is 10.1. The van der Waals surface area contributed by atoms with E-state index < -0.39 is 22.1 Å². The van der Waals surface area contributed by atoms with E-state index in [1.165, 1.54) is 39.5 Å². The van der Waals surface area contributed by atoms with Gasteiger partial charge in [0.1, 0.15) is 0 Å². The van der Waals surface area contributed by atoms with Crippen molar-refractivity contribution < 1.29 is 32.9 Å². The van der Waals surface area contributed by atoms with Gasteiger partial charge in [0, 0.05) is 13.6 Å². The Bertz CT molecular complexity index is 927. The van der Waals surface area contributed by atoms with Crippen LogP contribution in [-0.2, 0) is 10.0 Å². The number of hydrogen-bond donors (Lipinski definition) is 2. The van der Waals surface area contributed by atoms with Crippen LogP contribution in [0.4, 0.5) is 0 Å². The van der Waals surface area contributed by atoms with Gasteiger partial charge in [0.15, 0.2) is 11.5 Å². The first-order valence-corrected chi connectivity index (χ1v) is 9.34. The van der Waals surface area contributed by atoms with Crippen LogP contribution in [-0.4, -0.2) is 56.7 Å². The summed E-state index contributed by atoms with van der Waals surface area (Å²) < 4.78 is 36.6. The molecule has 0 radical (unpaired) electrons. The van der Waals surface area contributed by atoms with E-state index in [0.29, 0.717) is 17.1 Å². The summed E-state index contributed by atoms with van der Waals surface area (Å²) in [4.78, 5) is 10.9. The number of rotatable bonds is 8. The third-order valence-electron chi connectivity index (χ3n) is 4.01.